The lowest BCUT2D eigenvalue weighted by atomic mass is 9.98. The Labute approximate surface area is 119 Å². The number of ether oxygens (including phenoxy) is 1. The van der Waals surface area contributed by atoms with Gasteiger partial charge in [-0.15, -0.1) is 0 Å². The molecule has 1 aromatic rings. The van der Waals surface area contributed by atoms with Crippen molar-refractivity contribution in [2.75, 3.05) is 18.6 Å². The molecule has 0 aliphatic carbocycles. The molecule has 1 heterocycles. The van der Waals surface area contributed by atoms with Gasteiger partial charge in [-0.25, -0.2) is 0 Å². The SMILES string of the molecule is CCCCC(=O)N1CC(CC(=O)OC)c2ccccc21. The Kier molecular flexibility index (Phi) is 4.77. The zero-order valence-electron chi connectivity index (χ0n) is 12.1. The van der Waals surface area contributed by atoms with Crippen LogP contribution in [-0.4, -0.2) is 25.5 Å². The molecule has 0 fully saturated rings. The Morgan fingerprint density at radius 3 is 2.80 bits per heavy atom. The number of nitrogens with zero attached hydrogens (tertiary/aromatic N) is 1. The third kappa shape index (κ3) is 3.00. The van der Waals surface area contributed by atoms with Gasteiger partial charge < -0.3 is 9.64 Å². The average molecular weight is 275 g/mol. The lowest BCUT2D eigenvalue weighted by Gasteiger charge is -2.17. The second-order valence-corrected chi connectivity index (χ2v) is 5.14. The van der Waals surface area contributed by atoms with Gasteiger partial charge in [0.25, 0.3) is 0 Å². The summed E-state index contributed by atoms with van der Waals surface area (Å²) in [4.78, 5) is 25.6. The summed E-state index contributed by atoms with van der Waals surface area (Å²) in [6.07, 6.45) is 2.80. The van der Waals surface area contributed by atoms with Crippen LogP contribution in [0.25, 0.3) is 0 Å². The molecule has 1 aliphatic rings. The quantitative estimate of drug-likeness (QED) is 0.776. The molecular formula is C16H21NO3. The fourth-order valence-corrected chi connectivity index (χ4v) is 2.65. The Morgan fingerprint density at radius 2 is 2.10 bits per heavy atom. The van der Waals surface area contributed by atoms with E-state index in [4.69, 9.17) is 4.74 Å². The summed E-state index contributed by atoms with van der Waals surface area (Å²) in [6.45, 7) is 2.66. The van der Waals surface area contributed by atoms with Crippen molar-refractivity contribution in [1.82, 2.24) is 0 Å². The number of rotatable bonds is 5. The number of amides is 1. The van der Waals surface area contributed by atoms with Gasteiger partial charge in [-0.2, -0.15) is 0 Å². The minimum Gasteiger partial charge on any atom is -0.469 e. The van der Waals surface area contributed by atoms with Gasteiger partial charge in [-0.1, -0.05) is 31.5 Å². The zero-order valence-corrected chi connectivity index (χ0v) is 12.1. The van der Waals surface area contributed by atoms with Crippen LogP contribution >= 0.6 is 0 Å². The van der Waals surface area contributed by atoms with Gasteiger partial charge >= 0.3 is 5.97 Å². The van der Waals surface area contributed by atoms with E-state index < -0.39 is 0 Å². The van der Waals surface area contributed by atoms with E-state index in [1.165, 1.54) is 7.11 Å². The van der Waals surface area contributed by atoms with Crippen LogP contribution in [0.5, 0.6) is 0 Å². The molecule has 1 aromatic carbocycles. The van der Waals surface area contributed by atoms with E-state index in [2.05, 4.69) is 6.92 Å². The summed E-state index contributed by atoms with van der Waals surface area (Å²) in [7, 11) is 1.40. The predicted molar refractivity (Wildman–Crippen MR) is 77.7 cm³/mol. The Balaban J connectivity index is 2.17. The van der Waals surface area contributed by atoms with E-state index in [-0.39, 0.29) is 17.8 Å². The standard InChI is InChI=1S/C16H21NO3/c1-3-4-9-15(18)17-11-12(10-16(19)20-2)13-7-5-6-8-14(13)17/h5-8,12H,3-4,9-11H2,1-2H3. The number of carbonyl (C=O) groups is 2. The van der Waals surface area contributed by atoms with Gasteiger partial charge in [-0.05, 0) is 18.1 Å². The highest BCUT2D eigenvalue weighted by Crippen LogP contribution is 2.38. The molecule has 20 heavy (non-hydrogen) atoms. The summed E-state index contributed by atoms with van der Waals surface area (Å²) in [6, 6.07) is 7.83. The molecule has 0 radical (unpaired) electrons. The Bertz CT molecular complexity index is 498. The van der Waals surface area contributed by atoms with Crippen LogP contribution < -0.4 is 4.90 Å². The highest BCUT2D eigenvalue weighted by atomic mass is 16.5. The second kappa shape index (κ2) is 6.55. The van der Waals surface area contributed by atoms with Crippen LogP contribution in [0.4, 0.5) is 5.69 Å². The normalized spacial score (nSPS) is 16.9. The summed E-state index contributed by atoms with van der Waals surface area (Å²) in [5.74, 6) is -0.0384. The van der Waals surface area contributed by atoms with Crippen molar-refractivity contribution in [3.05, 3.63) is 29.8 Å². The maximum atomic E-state index is 12.3. The number of benzene rings is 1. The molecule has 1 aliphatic heterocycles. The fraction of sp³-hybridized carbons (Fsp3) is 0.500. The molecule has 108 valence electrons. The van der Waals surface area contributed by atoms with Crippen molar-refractivity contribution >= 4 is 17.6 Å². The van der Waals surface area contributed by atoms with Crippen molar-refractivity contribution in [3.63, 3.8) is 0 Å². The largest absolute Gasteiger partial charge is 0.469 e. The van der Waals surface area contributed by atoms with Gasteiger partial charge in [0.05, 0.1) is 13.5 Å². The van der Waals surface area contributed by atoms with Crippen molar-refractivity contribution in [2.45, 2.75) is 38.5 Å². The number of hydrogen-bond donors (Lipinski definition) is 0. The molecule has 0 bridgehead atoms. The minimum atomic E-state index is -0.229. The molecule has 0 saturated heterocycles. The van der Waals surface area contributed by atoms with E-state index in [1.807, 2.05) is 29.2 Å². The molecule has 2 rings (SSSR count). The van der Waals surface area contributed by atoms with Crippen LogP contribution in [-0.2, 0) is 14.3 Å². The Morgan fingerprint density at radius 1 is 1.35 bits per heavy atom. The Hall–Kier alpha value is -1.84. The molecule has 0 aromatic heterocycles. The van der Waals surface area contributed by atoms with Crippen molar-refractivity contribution < 1.29 is 14.3 Å². The smallest absolute Gasteiger partial charge is 0.306 e. The zero-order chi connectivity index (χ0) is 14.5. The first-order valence-corrected chi connectivity index (χ1v) is 7.13. The van der Waals surface area contributed by atoms with E-state index in [0.717, 1.165) is 24.1 Å². The fourth-order valence-electron chi connectivity index (χ4n) is 2.65. The number of esters is 1. The molecule has 4 nitrogen and oxygen atoms in total. The maximum absolute atomic E-state index is 12.3. The molecule has 0 spiro atoms. The topological polar surface area (TPSA) is 46.6 Å². The van der Waals surface area contributed by atoms with E-state index in [1.54, 1.807) is 0 Å². The first-order valence-electron chi connectivity index (χ1n) is 7.13. The summed E-state index contributed by atoms with van der Waals surface area (Å²) >= 11 is 0. The number of hydrogen-bond acceptors (Lipinski definition) is 3. The van der Waals surface area contributed by atoms with Crippen molar-refractivity contribution in [1.29, 1.82) is 0 Å². The number of anilines is 1. The van der Waals surface area contributed by atoms with Crippen LogP contribution in [0, 0.1) is 0 Å². The van der Waals surface area contributed by atoms with E-state index in [0.29, 0.717) is 19.4 Å². The summed E-state index contributed by atoms with van der Waals surface area (Å²) in [5, 5.41) is 0. The molecule has 1 atom stereocenters. The molecular weight excluding hydrogens is 254 g/mol. The lowest BCUT2D eigenvalue weighted by molar-refractivity contribution is -0.141. The predicted octanol–water partition coefficient (Wildman–Crippen LogP) is 2.87. The molecule has 1 unspecified atom stereocenters. The van der Waals surface area contributed by atoms with Crippen molar-refractivity contribution in [3.8, 4) is 0 Å². The highest BCUT2D eigenvalue weighted by Gasteiger charge is 2.33. The van der Waals surface area contributed by atoms with E-state index >= 15 is 0 Å². The number of fused-ring (bicyclic) bond motifs is 1. The van der Waals surface area contributed by atoms with E-state index in [9.17, 15) is 9.59 Å². The van der Waals surface area contributed by atoms with Gasteiger partial charge in [0.15, 0.2) is 0 Å². The highest BCUT2D eigenvalue weighted by molar-refractivity contribution is 5.96. The van der Waals surface area contributed by atoms with Gasteiger partial charge in [-0.3, -0.25) is 9.59 Å². The average Bonchev–Trinajstić information content (AvgIpc) is 2.83. The van der Waals surface area contributed by atoms with Gasteiger partial charge in [0.2, 0.25) is 5.91 Å². The maximum Gasteiger partial charge on any atom is 0.306 e. The number of unbranched alkanes of at least 4 members (excludes halogenated alkanes) is 1. The number of methoxy groups -OCH3 is 1. The number of carbonyl (C=O) groups excluding carboxylic acids is 2. The first kappa shape index (κ1) is 14.6. The molecule has 0 saturated carbocycles. The molecule has 4 heteroatoms. The second-order valence-electron chi connectivity index (χ2n) is 5.14. The first-order chi connectivity index (χ1) is 9.67. The molecule has 1 amide bonds. The lowest BCUT2D eigenvalue weighted by Crippen LogP contribution is -2.29. The van der Waals surface area contributed by atoms with Crippen LogP contribution in [0.15, 0.2) is 24.3 Å². The van der Waals surface area contributed by atoms with Gasteiger partial charge in [0.1, 0.15) is 0 Å². The third-order valence-electron chi connectivity index (χ3n) is 3.76. The third-order valence-corrected chi connectivity index (χ3v) is 3.76. The monoisotopic (exact) mass is 275 g/mol. The minimum absolute atomic E-state index is 0.0456. The number of para-hydroxylation sites is 1. The van der Waals surface area contributed by atoms with Crippen LogP contribution in [0.3, 0.4) is 0 Å². The van der Waals surface area contributed by atoms with Crippen molar-refractivity contribution in [2.24, 2.45) is 0 Å². The molecule has 0 N–H and O–H groups in total. The van der Waals surface area contributed by atoms with Crippen LogP contribution in [0.1, 0.15) is 44.1 Å². The van der Waals surface area contributed by atoms with Crippen LogP contribution in [0.2, 0.25) is 0 Å². The van der Waals surface area contributed by atoms with Gasteiger partial charge in [0, 0.05) is 24.6 Å². The summed E-state index contributed by atoms with van der Waals surface area (Å²) in [5.41, 5.74) is 2.02. The summed E-state index contributed by atoms with van der Waals surface area (Å²) < 4.78 is 4.75.